The minimum Gasteiger partial charge on any atom is -0.119 e. The van der Waals surface area contributed by atoms with Crippen LogP contribution in [-0.4, -0.2) is 13.2 Å². The molecule has 0 aliphatic heterocycles. The maximum Gasteiger partial charge on any atom is 0.697 e. The van der Waals surface area contributed by atoms with Crippen molar-refractivity contribution in [1.82, 2.24) is 0 Å². The Balaban J connectivity index is 3.71. The van der Waals surface area contributed by atoms with E-state index in [1.807, 2.05) is 0 Å². The van der Waals surface area contributed by atoms with Crippen molar-refractivity contribution in [2.45, 2.75) is 81.1 Å². The molecule has 0 aromatic rings. The third kappa shape index (κ3) is 14.9. The summed E-state index contributed by atoms with van der Waals surface area (Å²) in [5.74, 6) is 1.16. The van der Waals surface area contributed by atoms with Gasteiger partial charge in [0.25, 0.3) is 0 Å². The van der Waals surface area contributed by atoms with Crippen LogP contribution in [-0.2, 0) is 13.6 Å². The van der Waals surface area contributed by atoms with E-state index in [9.17, 15) is 4.57 Å². The molecule has 0 aromatic carbocycles. The van der Waals surface area contributed by atoms with Gasteiger partial charge >= 0.3 is 8.25 Å². The fourth-order valence-corrected chi connectivity index (χ4v) is 3.57. The summed E-state index contributed by atoms with van der Waals surface area (Å²) in [4.78, 5) is 0. The molecule has 0 radical (unpaired) electrons. The lowest BCUT2D eigenvalue weighted by Gasteiger charge is -2.22. The minimum atomic E-state index is -1.96. The van der Waals surface area contributed by atoms with Gasteiger partial charge in [-0.3, -0.25) is 0 Å². The smallest absolute Gasteiger partial charge is 0.119 e. The summed E-state index contributed by atoms with van der Waals surface area (Å²) in [7, 11) is -1.96. The van der Waals surface area contributed by atoms with Crippen molar-refractivity contribution in [3.8, 4) is 0 Å². The van der Waals surface area contributed by atoms with Crippen LogP contribution in [0.5, 0.6) is 0 Å². The summed E-state index contributed by atoms with van der Waals surface area (Å²) in [5.41, 5.74) is 0.669. The van der Waals surface area contributed by atoms with Gasteiger partial charge in [-0.25, -0.2) is 0 Å². The first kappa shape index (κ1) is 22.0. The van der Waals surface area contributed by atoms with Crippen molar-refractivity contribution in [3.63, 3.8) is 0 Å². The van der Waals surface area contributed by atoms with Gasteiger partial charge in [0, 0.05) is 4.57 Å². The van der Waals surface area contributed by atoms with Crippen LogP contribution in [0.2, 0.25) is 0 Å². The third-order valence-corrected chi connectivity index (χ3v) is 4.32. The zero-order chi connectivity index (χ0) is 17.4. The summed E-state index contributed by atoms with van der Waals surface area (Å²) in [6, 6.07) is 0. The van der Waals surface area contributed by atoms with Gasteiger partial charge in [-0.05, 0) is 48.3 Å². The summed E-state index contributed by atoms with van der Waals surface area (Å²) in [6.07, 6.45) is 4.17. The third-order valence-electron chi connectivity index (χ3n) is 3.54. The second-order valence-corrected chi connectivity index (χ2v) is 10.2. The quantitative estimate of drug-likeness (QED) is 0.422. The molecule has 0 aromatic heterocycles. The van der Waals surface area contributed by atoms with Crippen LogP contribution in [0.15, 0.2) is 0 Å². The van der Waals surface area contributed by atoms with Crippen molar-refractivity contribution in [1.29, 1.82) is 0 Å². The number of hydrogen-bond donors (Lipinski definition) is 0. The summed E-state index contributed by atoms with van der Waals surface area (Å²) < 4.78 is 22.3. The lowest BCUT2D eigenvalue weighted by Crippen LogP contribution is -2.12. The van der Waals surface area contributed by atoms with Gasteiger partial charge in [-0.2, -0.15) is 0 Å². The van der Waals surface area contributed by atoms with E-state index < -0.39 is 8.25 Å². The Labute approximate surface area is 139 Å². The molecular weight excluding hydrogens is 295 g/mol. The predicted octanol–water partition coefficient (Wildman–Crippen LogP) is 6.60. The van der Waals surface area contributed by atoms with E-state index in [0.717, 1.165) is 25.7 Å². The zero-order valence-electron chi connectivity index (χ0n) is 16.1. The van der Waals surface area contributed by atoms with Gasteiger partial charge < -0.3 is 0 Å². The van der Waals surface area contributed by atoms with Gasteiger partial charge in [0.15, 0.2) is 0 Å². The van der Waals surface area contributed by atoms with Crippen LogP contribution >= 0.6 is 8.25 Å². The van der Waals surface area contributed by atoms with Crippen LogP contribution < -0.4 is 0 Å². The van der Waals surface area contributed by atoms with Crippen LogP contribution in [0.25, 0.3) is 0 Å². The highest BCUT2D eigenvalue weighted by molar-refractivity contribution is 7.33. The molecule has 0 aliphatic rings. The SMILES string of the molecule is CC(CCO[P+](=O)OCCC(C)CC(C)(C)C)CC(C)(C)C. The molecule has 22 heavy (non-hydrogen) atoms. The Morgan fingerprint density at radius 2 is 1.09 bits per heavy atom. The van der Waals surface area contributed by atoms with E-state index in [0.29, 0.717) is 35.9 Å². The molecule has 0 aliphatic carbocycles. The Bertz CT molecular complexity index is 285. The van der Waals surface area contributed by atoms with Crippen LogP contribution in [0.3, 0.4) is 0 Å². The van der Waals surface area contributed by atoms with E-state index >= 15 is 0 Å². The monoisotopic (exact) mass is 333 g/mol. The summed E-state index contributed by atoms with van der Waals surface area (Å²) in [6.45, 7) is 18.9. The number of hydrogen-bond acceptors (Lipinski definition) is 3. The van der Waals surface area contributed by atoms with Gasteiger partial charge in [-0.1, -0.05) is 55.4 Å². The zero-order valence-corrected chi connectivity index (χ0v) is 17.0. The molecular formula is C18H38O3P+. The van der Waals surface area contributed by atoms with Crippen LogP contribution in [0.1, 0.15) is 81.1 Å². The van der Waals surface area contributed by atoms with Crippen molar-refractivity contribution < 1.29 is 13.6 Å². The molecule has 0 N–H and O–H groups in total. The van der Waals surface area contributed by atoms with Gasteiger partial charge in [0.2, 0.25) is 0 Å². The topological polar surface area (TPSA) is 35.5 Å². The average Bonchev–Trinajstić information content (AvgIpc) is 2.23. The van der Waals surface area contributed by atoms with E-state index in [1.54, 1.807) is 0 Å². The second kappa shape index (κ2) is 10.0. The summed E-state index contributed by atoms with van der Waals surface area (Å²) in [5, 5.41) is 0. The van der Waals surface area contributed by atoms with Gasteiger partial charge in [0.1, 0.15) is 13.2 Å². The standard InChI is InChI=1S/C18H38O3P/c1-15(13-17(3,4)5)9-11-20-22(19)21-12-10-16(2)14-18(6,7)8/h15-16H,9-14H2,1-8H3/q+1. The van der Waals surface area contributed by atoms with E-state index in [-0.39, 0.29) is 0 Å². The highest BCUT2D eigenvalue weighted by atomic mass is 31.1. The molecule has 0 saturated carbocycles. The molecule has 0 spiro atoms. The van der Waals surface area contributed by atoms with E-state index in [1.165, 1.54) is 0 Å². The lowest BCUT2D eigenvalue weighted by molar-refractivity contribution is 0.189. The highest BCUT2D eigenvalue weighted by Gasteiger charge is 2.23. The lowest BCUT2D eigenvalue weighted by atomic mass is 9.84. The van der Waals surface area contributed by atoms with E-state index in [2.05, 4.69) is 55.4 Å². The first-order valence-electron chi connectivity index (χ1n) is 8.62. The Morgan fingerprint density at radius 3 is 1.36 bits per heavy atom. The molecule has 2 unspecified atom stereocenters. The van der Waals surface area contributed by atoms with Crippen molar-refractivity contribution in [2.75, 3.05) is 13.2 Å². The molecule has 0 heterocycles. The van der Waals surface area contributed by atoms with Gasteiger partial charge in [-0.15, -0.1) is 9.05 Å². The average molecular weight is 333 g/mol. The minimum absolute atomic E-state index is 0.335. The molecule has 0 bridgehead atoms. The maximum absolute atomic E-state index is 11.7. The Hall–Kier alpha value is 0.0200. The fraction of sp³-hybridized carbons (Fsp3) is 1.00. The van der Waals surface area contributed by atoms with Crippen molar-refractivity contribution in [2.24, 2.45) is 22.7 Å². The summed E-state index contributed by atoms with van der Waals surface area (Å²) >= 11 is 0. The van der Waals surface area contributed by atoms with Crippen LogP contribution in [0, 0.1) is 22.7 Å². The number of rotatable bonds is 10. The van der Waals surface area contributed by atoms with Gasteiger partial charge in [0.05, 0.1) is 0 Å². The predicted molar refractivity (Wildman–Crippen MR) is 95.2 cm³/mol. The fourth-order valence-electron chi connectivity index (χ4n) is 2.99. The largest absolute Gasteiger partial charge is 0.697 e. The molecule has 0 fully saturated rings. The molecule has 0 saturated heterocycles. The first-order valence-corrected chi connectivity index (χ1v) is 9.72. The molecule has 2 atom stereocenters. The normalized spacial score (nSPS) is 16.5. The second-order valence-electron chi connectivity index (χ2n) is 9.21. The van der Waals surface area contributed by atoms with Crippen molar-refractivity contribution in [3.05, 3.63) is 0 Å². The molecule has 4 heteroatoms. The molecule has 0 rings (SSSR count). The molecule has 132 valence electrons. The molecule has 3 nitrogen and oxygen atoms in total. The van der Waals surface area contributed by atoms with Crippen LogP contribution in [0.4, 0.5) is 0 Å². The Kier molecular flexibility index (Phi) is 10.0. The van der Waals surface area contributed by atoms with E-state index in [4.69, 9.17) is 9.05 Å². The molecule has 0 amide bonds. The Morgan fingerprint density at radius 1 is 0.773 bits per heavy atom. The maximum atomic E-state index is 11.7. The highest BCUT2D eigenvalue weighted by Crippen LogP contribution is 2.30. The van der Waals surface area contributed by atoms with Crippen molar-refractivity contribution >= 4 is 8.25 Å². The first-order chi connectivity index (χ1) is 9.89.